The summed E-state index contributed by atoms with van der Waals surface area (Å²) >= 11 is 0. The molecular weight excluding hydrogens is 176 g/mol. The van der Waals surface area contributed by atoms with Gasteiger partial charge < -0.3 is 10.6 Å². The Labute approximate surface area is 87.6 Å². The molecule has 0 bridgehead atoms. The molecule has 0 radical (unpaired) electrons. The Kier molecular flexibility index (Phi) is 6.54. The van der Waals surface area contributed by atoms with Crippen LogP contribution in [-0.4, -0.2) is 29.9 Å². The summed E-state index contributed by atoms with van der Waals surface area (Å²) in [6, 6.07) is -0.320. The van der Waals surface area contributed by atoms with Crippen molar-refractivity contribution in [1.82, 2.24) is 4.90 Å². The van der Waals surface area contributed by atoms with Gasteiger partial charge in [-0.05, 0) is 19.3 Å². The van der Waals surface area contributed by atoms with E-state index in [2.05, 4.69) is 13.8 Å². The molecule has 0 aliphatic carbocycles. The topological polar surface area (TPSA) is 46.3 Å². The number of amides is 1. The van der Waals surface area contributed by atoms with Gasteiger partial charge in [-0.3, -0.25) is 4.79 Å². The fourth-order valence-corrected chi connectivity index (χ4v) is 1.29. The van der Waals surface area contributed by atoms with Crippen LogP contribution in [0.3, 0.4) is 0 Å². The molecule has 0 saturated carbocycles. The van der Waals surface area contributed by atoms with E-state index in [1.807, 2.05) is 18.7 Å². The molecule has 14 heavy (non-hydrogen) atoms. The third-order valence-electron chi connectivity index (χ3n) is 2.68. The van der Waals surface area contributed by atoms with Crippen LogP contribution >= 0.6 is 0 Å². The molecule has 0 rings (SSSR count). The highest BCUT2D eigenvalue weighted by atomic mass is 16.2. The van der Waals surface area contributed by atoms with Crippen molar-refractivity contribution in [3.63, 3.8) is 0 Å². The molecule has 0 aliphatic heterocycles. The highest BCUT2D eigenvalue weighted by molar-refractivity contribution is 5.81. The first kappa shape index (κ1) is 13.4. The number of rotatable bonds is 6. The van der Waals surface area contributed by atoms with Crippen molar-refractivity contribution in [3.05, 3.63) is 0 Å². The Hall–Kier alpha value is -0.570. The minimum Gasteiger partial charge on any atom is -0.341 e. The molecule has 0 spiro atoms. The van der Waals surface area contributed by atoms with E-state index in [1.165, 1.54) is 0 Å². The second-order valence-corrected chi connectivity index (χ2v) is 3.91. The van der Waals surface area contributed by atoms with Gasteiger partial charge in [-0.25, -0.2) is 0 Å². The summed E-state index contributed by atoms with van der Waals surface area (Å²) in [7, 11) is 0. The Bertz CT molecular complexity index is 171. The standard InChI is InChI=1S/C11H24N2O/c1-5-9(4)8-13(7-3)11(14)10(12)6-2/h9-10H,5-8,12H2,1-4H3/t9?,10-/m0/s1. The molecule has 1 unspecified atom stereocenters. The molecule has 0 heterocycles. The van der Waals surface area contributed by atoms with Gasteiger partial charge in [-0.1, -0.05) is 27.2 Å². The Morgan fingerprint density at radius 1 is 1.29 bits per heavy atom. The summed E-state index contributed by atoms with van der Waals surface area (Å²) in [4.78, 5) is 13.6. The highest BCUT2D eigenvalue weighted by Gasteiger charge is 2.19. The first-order valence-corrected chi connectivity index (χ1v) is 5.61. The molecular formula is C11H24N2O. The van der Waals surface area contributed by atoms with E-state index < -0.39 is 0 Å². The Morgan fingerprint density at radius 2 is 1.86 bits per heavy atom. The minimum atomic E-state index is -0.320. The summed E-state index contributed by atoms with van der Waals surface area (Å²) in [5.74, 6) is 0.651. The van der Waals surface area contributed by atoms with Gasteiger partial charge in [0.15, 0.2) is 0 Å². The van der Waals surface area contributed by atoms with Gasteiger partial charge in [0.05, 0.1) is 6.04 Å². The largest absolute Gasteiger partial charge is 0.341 e. The monoisotopic (exact) mass is 200 g/mol. The van der Waals surface area contributed by atoms with Gasteiger partial charge in [-0.2, -0.15) is 0 Å². The fourth-order valence-electron chi connectivity index (χ4n) is 1.29. The maximum Gasteiger partial charge on any atom is 0.239 e. The molecule has 3 heteroatoms. The van der Waals surface area contributed by atoms with Crippen molar-refractivity contribution in [2.75, 3.05) is 13.1 Å². The third-order valence-corrected chi connectivity index (χ3v) is 2.68. The first-order valence-electron chi connectivity index (χ1n) is 5.61. The molecule has 2 atom stereocenters. The van der Waals surface area contributed by atoms with Crippen LogP contribution in [0.5, 0.6) is 0 Å². The summed E-state index contributed by atoms with van der Waals surface area (Å²) in [6.07, 6.45) is 1.82. The van der Waals surface area contributed by atoms with Crippen LogP contribution in [0, 0.1) is 5.92 Å². The van der Waals surface area contributed by atoms with Gasteiger partial charge in [-0.15, -0.1) is 0 Å². The normalized spacial score (nSPS) is 14.9. The van der Waals surface area contributed by atoms with Gasteiger partial charge in [0, 0.05) is 13.1 Å². The van der Waals surface area contributed by atoms with Gasteiger partial charge in [0.25, 0.3) is 0 Å². The van der Waals surface area contributed by atoms with Crippen LogP contribution in [0.25, 0.3) is 0 Å². The molecule has 0 saturated heterocycles. The summed E-state index contributed by atoms with van der Waals surface area (Å²) in [5.41, 5.74) is 5.72. The van der Waals surface area contributed by atoms with Crippen LogP contribution in [0.15, 0.2) is 0 Å². The van der Waals surface area contributed by atoms with Crippen LogP contribution in [0.4, 0.5) is 0 Å². The predicted molar refractivity (Wildman–Crippen MR) is 60.0 cm³/mol. The van der Waals surface area contributed by atoms with E-state index in [-0.39, 0.29) is 11.9 Å². The molecule has 0 aromatic carbocycles. The van der Waals surface area contributed by atoms with Crippen LogP contribution < -0.4 is 5.73 Å². The number of hydrogen-bond acceptors (Lipinski definition) is 2. The van der Waals surface area contributed by atoms with E-state index in [9.17, 15) is 4.79 Å². The Balaban J connectivity index is 4.18. The van der Waals surface area contributed by atoms with E-state index in [1.54, 1.807) is 0 Å². The van der Waals surface area contributed by atoms with E-state index in [0.717, 1.165) is 25.9 Å². The summed E-state index contributed by atoms with van der Waals surface area (Å²) in [6.45, 7) is 9.84. The molecule has 3 nitrogen and oxygen atoms in total. The van der Waals surface area contributed by atoms with Gasteiger partial charge in [0.1, 0.15) is 0 Å². The number of nitrogens with two attached hydrogens (primary N) is 1. The molecule has 0 aromatic heterocycles. The first-order chi connectivity index (χ1) is 6.56. The molecule has 0 aliphatic rings. The Morgan fingerprint density at radius 3 is 2.21 bits per heavy atom. The number of carbonyl (C=O) groups excluding carboxylic acids is 1. The van der Waals surface area contributed by atoms with Gasteiger partial charge in [0.2, 0.25) is 5.91 Å². The molecule has 2 N–H and O–H groups in total. The van der Waals surface area contributed by atoms with Crippen molar-refractivity contribution in [3.8, 4) is 0 Å². The van der Waals surface area contributed by atoms with E-state index in [0.29, 0.717) is 5.92 Å². The van der Waals surface area contributed by atoms with Crippen molar-refractivity contribution in [2.45, 2.75) is 46.6 Å². The molecule has 0 aromatic rings. The number of likely N-dealkylation sites (N-methyl/N-ethyl adjacent to an activating group) is 1. The average Bonchev–Trinajstić information content (AvgIpc) is 2.23. The average molecular weight is 200 g/mol. The minimum absolute atomic E-state index is 0.0929. The van der Waals surface area contributed by atoms with Crippen LogP contribution in [0.1, 0.15) is 40.5 Å². The SMILES string of the molecule is CCC(C)CN(CC)C(=O)[C@@H](N)CC. The second kappa shape index (κ2) is 6.82. The quantitative estimate of drug-likeness (QED) is 0.708. The van der Waals surface area contributed by atoms with Crippen LogP contribution in [-0.2, 0) is 4.79 Å². The van der Waals surface area contributed by atoms with E-state index in [4.69, 9.17) is 5.73 Å². The molecule has 84 valence electrons. The lowest BCUT2D eigenvalue weighted by molar-refractivity contribution is -0.133. The lowest BCUT2D eigenvalue weighted by atomic mass is 10.1. The maximum atomic E-state index is 11.8. The lowest BCUT2D eigenvalue weighted by Crippen LogP contribution is -2.44. The summed E-state index contributed by atoms with van der Waals surface area (Å²) < 4.78 is 0. The van der Waals surface area contributed by atoms with Crippen LogP contribution in [0.2, 0.25) is 0 Å². The third kappa shape index (κ3) is 4.09. The maximum absolute atomic E-state index is 11.8. The zero-order chi connectivity index (χ0) is 11.1. The van der Waals surface area contributed by atoms with Crippen molar-refractivity contribution < 1.29 is 4.79 Å². The smallest absolute Gasteiger partial charge is 0.239 e. The fraction of sp³-hybridized carbons (Fsp3) is 0.909. The zero-order valence-electron chi connectivity index (χ0n) is 9.92. The number of nitrogens with zero attached hydrogens (tertiary/aromatic N) is 1. The number of carbonyl (C=O) groups is 1. The zero-order valence-corrected chi connectivity index (χ0v) is 9.92. The predicted octanol–water partition coefficient (Wildman–Crippen LogP) is 1.62. The van der Waals surface area contributed by atoms with Crippen molar-refractivity contribution in [1.29, 1.82) is 0 Å². The van der Waals surface area contributed by atoms with Crippen molar-refractivity contribution in [2.24, 2.45) is 11.7 Å². The second-order valence-electron chi connectivity index (χ2n) is 3.91. The lowest BCUT2D eigenvalue weighted by Gasteiger charge is -2.26. The molecule has 1 amide bonds. The summed E-state index contributed by atoms with van der Waals surface area (Å²) in [5, 5.41) is 0. The number of hydrogen-bond donors (Lipinski definition) is 1. The van der Waals surface area contributed by atoms with Gasteiger partial charge >= 0.3 is 0 Å². The highest BCUT2D eigenvalue weighted by Crippen LogP contribution is 2.06. The molecule has 0 fully saturated rings. The van der Waals surface area contributed by atoms with E-state index >= 15 is 0 Å². The van der Waals surface area contributed by atoms with Crippen molar-refractivity contribution >= 4 is 5.91 Å².